The molecule has 0 fully saturated rings. The maximum Gasteiger partial charge on any atom is 0.224 e. The van der Waals surface area contributed by atoms with Gasteiger partial charge in [-0.15, -0.1) is 11.3 Å². The predicted octanol–water partition coefficient (Wildman–Crippen LogP) is 3.94. The Kier molecular flexibility index (Phi) is 4.15. The number of thiophene rings is 1. The lowest BCUT2D eigenvalue weighted by molar-refractivity contribution is -0.116. The molecule has 0 bridgehead atoms. The molecule has 1 N–H and O–H groups in total. The van der Waals surface area contributed by atoms with Crippen molar-refractivity contribution in [2.45, 2.75) is 26.7 Å². The van der Waals surface area contributed by atoms with E-state index in [2.05, 4.69) is 24.4 Å². The van der Waals surface area contributed by atoms with E-state index in [0.29, 0.717) is 6.42 Å². The molecule has 0 aliphatic rings. The van der Waals surface area contributed by atoms with Crippen LogP contribution in [0.3, 0.4) is 0 Å². The van der Waals surface area contributed by atoms with Crippen LogP contribution >= 0.6 is 11.3 Å². The van der Waals surface area contributed by atoms with Gasteiger partial charge in [0.25, 0.3) is 0 Å². The Morgan fingerprint density at radius 3 is 2.78 bits per heavy atom. The molecule has 2 nitrogen and oxygen atoms in total. The first-order valence-corrected chi connectivity index (χ1v) is 6.92. The van der Waals surface area contributed by atoms with E-state index in [-0.39, 0.29) is 5.91 Å². The molecular formula is C15H17NOS. The normalized spacial score (nSPS) is 10.3. The van der Waals surface area contributed by atoms with Crippen molar-refractivity contribution in [2.75, 3.05) is 5.32 Å². The molecule has 1 aromatic carbocycles. The summed E-state index contributed by atoms with van der Waals surface area (Å²) in [6.07, 6.45) is 1.35. The second kappa shape index (κ2) is 5.83. The van der Waals surface area contributed by atoms with Crippen molar-refractivity contribution in [1.29, 1.82) is 0 Å². The molecule has 0 radical (unpaired) electrons. The summed E-state index contributed by atoms with van der Waals surface area (Å²) >= 11 is 1.70. The molecule has 0 aliphatic carbocycles. The van der Waals surface area contributed by atoms with E-state index in [4.69, 9.17) is 0 Å². The van der Waals surface area contributed by atoms with Crippen LogP contribution in [-0.4, -0.2) is 5.91 Å². The molecule has 0 unspecified atom stereocenters. The molecule has 0 saturated carbocycles. The summed E-state index contributed by atoms with van der Waals surface area (Å²) < 4.78 is 0. The average Bonchev–Trinajstić information content (AvgIpc) is 2.83. The minimum Gasteiger partial charge on any atom is -0.326 e. The zero-order chi connectivity index (χ0) is 13.0. The van der Waals surface area contributed by atoms with Gasteiger partial charge in [0.15, 0.2) is 0 Å². The number of rotatable bonds is 4. The third-order valence-electron chi connectivity index (χ3n) is 2.83. The average molecular weight is 259 g/mol. The van der Waals surface area contributed by atoms with Crippen LogP contribution in [0.15, 0.2) is 35.7 Å². The molecule has 18 heavy (non-hydrogen) atoms. The lowest BCUT2D eigenvalue weighted by Gasteiger charge is -2.08. The van der Waals surface area contributed by atoms with Gasteiger partial charge in [-0.2, -0.15) is 0 Å². The highest BCUT2D eigenvalue weighted by atomic mass is 32.1. The fraction of sp³-hybridized carbons (Fsp3) is 0.267. The summed E-state index contributed by atoms with van der Waals surface area (Å²) in [7, 11) is 0. The highest BCUT2D eigenvalue weighted by Crippen LogP contribution is 2.17. The summed E-state index contributed by atoms with van der Waals surface area (Å²) in [5.74, 6) is 0.0790. The van der Waals surface area contributed by atoms with Crippen LogP contribution in [0.1, 0.15) is 22.4 Å². The Balaban J connectivity index is 1.91. The zero-order valence-corrected chi connectivity index (χ0v) is 11.5. The van der Waals surface area contributed by atoms with Crippen LogP contribution in [0.5, 0.6) is 0 Å². The highest BCUT2D eigenvalue weighted by Gasteiger charge is 2.05. The van der Waals surface area contributed by atoms with Crippen LogP contribution in [0.4, 0.5) is 5.69 Å². The summed E-state index contributed by atoms with van der Waals surface area (Å²) in [5, 5.41) is 5.00. The fourth-order valence-electron chi connectivity index (χ4n) is 1.86. The minimum atomic E-state index is 0.0790. The van der Waals surface area contributed by atoms with Gasteiger partial charge >= 0.3 is 0 Å². The van der Waals surface area contributed by atoms with Gasteiger partial charge in [-0.3, -0.25) is 4.79 Å². The van der Waals surface area contributed by atoms with Gasteiger partial charge in [-0.05, 0) is 43.3 Å². The number of carbonyl (C=O) groups is 1. The number of aryl methyl sites for hydroxylation is 3. The molecule has 1 heterocycles. The molecule has 0 spiro atoms. The molecule has 1 aromatic heterocycles. The van der Waals surface area contributed by atoms with Crippen molar-refractivity contribution in [3.8, 4) is 0 Å². The Morgan fingerprint density at radius 2 is 2.11 bits per heavy atom. The lowest BCUT2D eigenvalue weighted by atomic mass is 10.1. The number of hydrogen-bond donors (Lipinski definition) is 1. The zero-order valence-electron chi connectivity index (χ0n) is 10.7. The van der Waals surface area contributed by atoms with Crippen molar-refractivity contribution in [3.05, 3.63) is 51.7 Å². The smallest absolute Gasteiger partial charge is 0.224 e. The first-order valence-electron chi connectivity index (χ1n) is 6.04. The van der Waals surface area contributed by atoms with Crippen LogP contribution in [0.2, 0.25) is 0 Å². The van der Waals surface area contributed by atoms with E-state index in [1.165, 1.54) is 10.4 Å². The Hall–Kier alpha value is -1.61. The Bertz CT molecular complexity index is 531. The van der Waals surface area contributed by atoms with E-state index in [9.17, 15) is 4.79 Å². The minimum absolute atomic E-state index is 0.0790. The molecule has 1 amide bonds. The fourth-order valence-corrected chi connectivity index (χ4v) is 2.57. The molecule has 0 atom stereocenters. The molecule has 3 heteroatoms. The van der Waals surface area contributed by atoms with E-state index < -0.39 is 0 Å². The predicted molar refractivity (Wildman–Crippen MR) is 77.2 cm³/mol. The second-order valence-corrected chi connectivity index (χ2v) is 5.48. The largest absolute Gasteiger partial charge is 0.326 e. The van der Waals surface area contributed by atoms with Gasteiger partial charge in [-0.25, -0.2) is 0 Å². The van der Waals surface area contributed by atoms with Crippen LogP contribution in [0.25, 0.3) is 0 Å². The number of carbonyl (C=O) groups excluding carboxylic acids is 1. The van der Waals surface area contributed by atoms with Gasteiger partial charge in [0.05, 0.1) is 0 Å². The second-order valence-electron chi connectivity index (χ2n) is 4.45. The number of anilines is 1. The molecule has 2 rings (SSSR count). The van der Waals surface area contributed by atoms with Crippen LogP contribution in [0, 0.1) is 13.8 Å². The topological polar surface area (TPSA) is 29.1 Å². The Morgan fingerprint density at radius 1 is 1.28 bits per heavy atom. The molecular weight excluding hydrogens is 242 g/mol. The number of amides is 1. The van der Waals surface area contributed by atoms with E-state index in [0.717, 1.165) is 17.7 Å². The maximum absolute atomic E-state index is 11.8. The molecule has 0 aliphatic heterocycles. The van der Waals surface area contributed by atoms with Crippen molar-refractivity contribution in [3.63, 3.8) is 0 Å². The first-order chi connectivity index (χ1) is 8.65. The van der Waals surface area contributed by atoms with E-state index >= 15 is 0 Å². The van der Waals surface area contributed by atoms with Crippen molar-refractivity contribution in [1.82, 2.24) is 0 Å². The monoisotopic (exact) mass is 259 g/mol. The number of hydrogen-bond acceptors (Lipinski definition) is 2. The van der Waals surface area contributed by atoms with Crippen LogP contribution < -0.4 is 5.32 Å². The molecule has 0 saturated heterocycles. The molecule has 2 aromatic rings. The van der Waals surface area contributed by atoms with Gasteiger partial charge in [0.2, 0.25) is 5.91 Å². The third-order valence-corrected chi connectivity index (χ3v) is 3.77. The van der Waals surface area contributed by atoms with E-state index in [1.54, 1.807) is 11.3 Å². The quantitative estimate of drug-likeness (QED) is 0.885. The number of nitrogens with one attached hydrogen (secondary N) is 1. The number of benzene rings is 1. The van der Waals surface area contributed by atoms with Crippen molar-refractivity contribution >= 4 is 22.9 Å². The molecule has 94 valence electrons. The standard InChI is InChI=1S/C15H17NOS/c1-11-5-7-14(12(2)10-11)16-15(17)8-6-13-4-3-9-18-13/h3-5,7,9-10H,6,8H2,1-2H3,(H,16,17). The maximum atomic E-state index is 11.8. The summed E-state index contributed by atoms with van der Waals surface area (Å²) in [5.41, 5.74) is 3.24. The Labute approximate surface area is 112 Å². The van der Waals surface area contributed by atoms with E-state index in [1.807, 2.05) is 30.5 Å². The summed E-state index contributed by atoms with van der Waals surface area (Å²) in [6.45, 7) is 4.07. The SMILES string of the molecule is Cc1ccc(NC(=O)CCc2cccs2)c(C)c1. The lowest BCUT2D eigenvalue weighted by Crippen LogP contribution is -2.12. The summed E-state index contributed by atoms with van der Waals surface area (Å²) in [6, 6.07) is 10.1. The van der Waals surface area contributed by atoms with Gasteiger partial charge in [-0.1, -0.05) is 23.8 Å². The van der Waals surface area contributed by atoms with Gasteiger partial charge in [0, 0.05) is 17.0 Å². The van der Waals surface area contributed by atoms with Crippen LogP contribution in [-0.2, 0) is 11.2 Å². The highest BCUT2D eigenvalue weighted by molar-refractivity contribution is 7.09. The van der Waals surface area contributed by atoms with Crippen molar-refractivity contribution < 1.29 is 4.79 Å². The first kappa shape index (κ1) is 12.8. The van der Waals surface area contributed by atoms with Gasteiger partial charge in [0.1, 0.15) is 0 Å². The van der Waals surface area contributed by atoms with Crippen molar-refractivity contribution in [2.24, 2.45) is 0 Å². The summed E-state index contributed by atoms with van der Waals surface area (Å²) in [4.78, 5) is 13.1. The third kappa shape index (κ3) is 3.44. The van der Waals surface area contributed by atoms with Gasteiger partial charge < -0.3 is 5.32 Å².